The van der Waals surface area contributed by atoms with Gasteiger partial charge in [0, 0.05) is 51.0 Å². The van der Waals surface area contributed by atoms with Crippen molar-refractivity contribution in [2.45, 2.75) is 5.41 Å². The molecule has 0 N–H and O–H groups in total. The molecule has 9 aromatic carbocycles. The molecule has 0 aliphatic heterocycles. The fourth-order valence-electron chi connectivity index (χ4n) is 9.88. The van der Waals surface area contributed by atoms with Gasteiger partial charge in [0.2, 0.25) is 0 Å². The topological polar surface area (TPSA) is 19.6 Å². The van der Waals surface area contributed by atoms with Crippen LogP contribution in [0, 0.1) is 0 Å². The molecule has 1 aromatic heterocycles. The molecular weight excluding hydrogens is 705 g/mol. The van der Waals surface area contributed by atoms with Crippen molar-refractivity contribution in [2.24, 2.45) is 0 Å². The molecule has 2 aliphatic rings. The van der Waals surface area contributed by atoms with Crippen LogP contribution in [0.4, 0.5) is 34.1 Å². The molecule has 1 atom stereocenters. The first-order chi connectivity index (χ1) is 28.8. The number of anilines is 6. The second kappa shape index (κ2) is 12.7. The van der Waals surface area contributed by atoms with Gasteiger partial charge in [0.25, 0.3) is 0 Å². The number of nitrogens with zero attached hydrogens (tertiary/aromatic N) is 2. The molecule has 1 heterocycles. The summed E-state index contributed by atoms with van der Waals surface area (Å²) >= 11 is 0. The number of fused-ring (bicyclic) bond motifs is 13. The van der Waals surface area contributed by atoms with Crippen LogP contribution in [0.25, 0.3) is 44.2 Å². The van der Waals surface area contributed by atoms with Gasteiger partial charge in [-0.3, -0.25) is 0 Å². The smallest absolute Gasteiger partial charge is 0.137 e. The van der Waals surface area contributed by atoms with E-state index in [2.05, 4.69) is 216 Å². The van der Waals surface area contributed by atoms with Crippen LogP contribution >= 0.6 is 0 Å². The van der Waals surface area contributed by atoms with E-state index in [1.807, 2.05) is 12.1 Å². The van der Waals surface area contributed by atoms with E-state index in [-0.39, 0.29) is 0 Å². The van der Waals surface area contributed by atoms with Crippen LogP contribution in [0.2, 0.25) is 0 Å². The molecule has 0 radical (unpaired) electrons. The molecule has 0 bridgehead atoms. The SMILES string of the molecule is c1ccc(N(c2ccccc2)c2ccc3c(c2)-c2ccccc2C32c3ccccc3-c3ccc(N(c4ccccc4)c4ccc5c(c4)oc4ccccc45)cc32)cc1. The first-order valence-electron chi connectivity index (χ1n) is 19.9. The average Bonchev–Trinajstić information content (AvgIpc) is 3.91. The van der Waals surface area contributed by atoms with E-state index in [9.17, 15) is 0 Å². The van der Waals surface area contributed by atoms with Crippen molar-refractivity contribution in [1.82, 2.24) is 0 Å². The van der Waals surface area contributed by atoms with E-state index in [0.717, 1.165) is 56.1 Å². The maximum Gasteiger partial charge on any atom is 0.137 e. The van der Waals surface area contributed by atoms with Crippen molar-refractivity contribution in [3.63, 3.8) is 0 Å². The summed E-state index contributed by atoms with van der Waals surface area (Å²) in [7, 11) is 0. The zero-order valence-corrected chi connectivity index (χ0v) is 31.6. The largest absolute Gasteiger partial charge is 0.456 e. The summed E-state index contributed by atoms with van der Waals surface area (Å²) in [5, 5.41) is 2.25. The van der Waals surface area contributed by atoms with Gasteiger partial charge in [-0.2, -0.15) is 0 Å². The number of hydrogen-bond acceptors (Lipinski definition) is 3. The lowest BCUT2D eigenvalue weighted by molar-refractivity contribution is 0.669. The molecule has 10 aromatic rings. The van der Waals surface area contributed by atoms with E-state index in [4.69, 9.17) is 4.42 Å². The summed E-state index contributed by atoms with van der Waals surface area (Å²) in [6, 6.07) is 79.2. The molecule has 58 heavy (non-hydrogen) atoms. The van der Waals surface area contributed by atoms with E-state index < -0.39 is 5.41 Å². The predicted octanol–water partition coefficient (Wildman–Crippen LogP) is 14.9. The Morgan fingerprint density at radius 2 is 0.724 bits per heavy atom. The molecule has 3 heteroatoms. The number of rotatable bonds is 6. The number of hydrogen-bond donors (Lipinski definition) is 0. The Morgan fingerprint density at radius 1 is 0.276 bits per heavy atom. The van der Waals surface area contributed by atoms with Gasteiger partial charge in [-0.1, -0.05) is 133 Å². The molecule has 2 aliphatic carbocycles. The second-order valence-electron chi connectivity index (χ2n) is 15.3. The molecule has 1 spiro atoms. The lowest BCUT2D eigenvalue weighted by atomic mass is 9.70. The standard InChI is InChI=1S/C55H36N2O/c1-4-16-37(17-5-1)56(38-18-6-2-7-19-38)40-30-33-51-48(34-40)44-23-11-14-26-50(44)55(51)49-25-13-10-22-43(49)45-31-28-41(35-52(45)55)57(39-20-8-3-9-21-39)42-29-32-47-46-24-12-15-27-53(46)58-54(47)36-42/h1-36H. The third-order valence-corrected chi connectivity index (χ3v) is 12.2. The van der Waals surface area contributed by atoms with Crippen LogP contribution in [0.15, 0.2) is 223 Å². The fourth-order valence-corrected chi connectivity index (χ4v) is 9.88. The summed E-state index contributed by atoms with van der Waals surface area (Å²) in [6.45, 7) is 0. The van der Waals surface area contributed by atoms with Gasteiger partial charge < -0.3 is 14.2 Å². The summed E-state index contributed by atoms with van der Waals surface area (Å²) in [4.78, 5) is 4.73. The monoisotopic (exact) mass is 740 g/mol. The van der Waals surface area contributed by atoms with Gasteiger partial charge in [0.15, 0.2) is 0 Å². The van der Waals surface area contributed by atoms with Crippen molar-refractivity contribution in [2.75, 3.05) is 9.80 Å². The highest BCUT2D eigenvalue weighted by Crippen LogP contribution is 2.64. The fraction of sp³-hybridized carbons (Fsp3) is 0.0182. The highest BCUT2D eigenvalue weighted by atomic mass is 16.3. The van der Waals surface area contributed by atoms with E-state index in [1.165, 1.54) is 44.5 Å². The van der Waals surface area contributed by atoms with Gasteiger partial charge in [-0.15, -0.1) is 0 Å². The van der Waals surface area contributed by atoms with Gasteiger partial charge in [0.05, 0.1) is 5.41 Å². The molecule has 0 saturated heterocycles. The van der Waals surface area contributed by atoms with Crippen molar-refractivity contribution in [3.8, 4) is 22.3 Å². The number of para-hydroxylation sites is 4. The van der Waals surface area contributed by atoms with Crippen molar-refractivity contribution in [1.29, 1.82) is 0 Å². The van der Waals surface area contributed by atoms with Crippen LogP contribution in [-0.2, 0) is 5.41 Å². The van der Waals surface area contributed by atoms with Gasteiger partial charge in [-0.05, 0) is 123 Å². The van der Waals surface area contributed by atoms with E-state index in [0.29, 0.717) is 0 Å². The van der Waals surface area contributed by atoms with Gasteiger partial charge in [-0.25, -0.2) is 0 Å². The lowest BCUT2D eigenvalue weighted by Gasteiger charge is -2.32. The summed E-state index contributed by atoms with van der Waals surface area (Å²) < 4.78 is 6.44. The molecule has 12 rings (SSSR count). The minimum Gasteiger partial charge on any atom is -0.456 e. The van der Waals surface area contributed by atoms with Crippen LogP contribution in [0.5, 0.6) is 0 Å². The Hall–Kier alpha value is -7.62. The van der Waals surface area contributed by atoms with Crippen molar-refractivity contribution >= 4 is 56.1 Å². The molecule has 0 amide bonds. The summed E-state index contributed by atoms with van der Waals surface area (Å²) in [5.41, 5.74) is 18.1. The van der Waals surface area contributed by atoms with E-state index in [1.54, 1.807) is 0 Å². The minimum atomic E-state index is -0.512. The molecule has 3 nitrogen and oxygen atoms in total. The Bertz CT molecular complexity index is 3150. The number of furan rings is 1. The highest BCUT2D eigenvalue weighted by Gasteiger charge is 2.52. The molecule has 0 saturated carbocycles. The summed E-state index contributed by atoms with van der Waals surface area (Å²) in [5.74, 6) is 0. The first-order valence-corrected chi connectivity index (χ1v) is 19.9. The highest BCUT2D eigenvalue weighted by molar-refractivity contribution is 6.06. The summed E-state index contributed by atoms with van der Waals surface area (Å²) in [6.07, 6.45) is 0. The predicted molar refractivity (Wildman–Crippen MR) is 239 cm³/mol. The lowest BCUT2D eigenvalue weighted by Crippen LogP contribution is -2.26. The zero-order valence-electron chi connectivity index (χ0n) is 31.6. The maximum atomic E-state index is 6.44. The molecule has 0 fully saturated rings. The zero-order chi connectivity index (χ0) is 38.2. The van der Waals surface area contributed by atoms with Gasteiger partial charge >= 0.3 is 0 Å². The maximum absolute atomic E-state index is 6.44. The van der Waals surface area contributed by atoms with Crippen LogP contribution in [0.1, 0.15) is 22.3 Å². The first kappa shape index (κ1) is 32.6. The molecule has 272 valence electrons. The number of benzene rings is 9. The normalized spacial score (nSPS) is 14.6. The van der Waals surface area contributed by atoms with Crippen molar-refractivity contribution < 1.29 is 4.42 Å². The average molecular weight is 741 g/mol. The third kappa shape index (κ3) is 4.68. The Balaban J connectivity index is 1.09. The van der Waals surface area contributed by atoms with E-state index >= 15 is 0 Å². The van der Waals surface area contributed by atoms with Crippen LogP contribution in [-0.4, -0.2) is 0 Å². The Morgan fingerprint density at radius 3 is 1.40 bits per heavy atom. The third-order valence-electron chi connectivity index (χ3n) is 12.2. The quantitative estimate of drug-likeness (QED) is 0.169. The van der Waals surface area contributed by atoms with Crippen molar-refractivity contribution in [3.05, 3.63) is 241 Å². The minimum absolute atomic E-state index is 0.512. The molecular formula is C55H36N2O. The Labute approximate surface area is 337 Å². The van der Waals surface area contributed by atoms with Crippen LogP contribution < -0.4 is 9.80 Å². The Kier molecular flexibility index (Phi) is 7.14. The van der Waals surface area contributed by atoms with Gasteiger partial charge in [0.1, 0.15) is 11.2 Å². The molecule has 1 unspecified atom stereocenters. The van der Waals surface area contributed by atoms with Crippen LogP contribution in [0.3, 0.4) is 0 Å². The second-order valence-corrected chi connectivity index (χ2v) is 15.3.